The van der Waals surface area contributed by atoms with E-state index >= 15 is 0 Å². The molecule has 96 valence electrons. The lowest BCUT2D eigenvalue weighted by atomic mass is 11.2. The van der Waals surface area contributed by atoms with Crippen LogP contribution >= 0.6 is 0 Å². The van der Waals surface area contributed by atoms with Crippen molar-refractivity contribution in [1.29, 1.82) is 0 Å². The maximum Gasteiger partial charge on any atom is 0.358 e. The Bertz CT molecular complexity index is 552. The minimum atomic E-state index is -4.43. The molecule has 1 N–H and O–H groups in total. The molecule has 0 aliphatic rings. The Morgan fingerprint density at radius 3 is 1.38 bits per heavy atom. The lowest BCUT2D eigenvalue weighted by Crippen LogP contribution is -2.47. The SMILES string of the molecule is CS(=O)(=O)NC(=O)N(S(C)(=O)=O)S(C)(=O)=O. The van der Waals surface area contributed by atoms with Crippen LogP contribution in [-0.4, -0.2) is 53.8 Å². The van der Waals surface area contributed by atoms with Gasteiger partial charge in [0.25, 0.3) is 0 Å². The number of sulfonamides is 3. The van der Waals surface area contributed by atoms with Crippen LogP contribution in [0.5, 0.6) is 0 Å². The predicted octanol–water partition coefficient (Wildman–Crippen LogP) is -2.12. The van der Waals surface area contributed by atoms with Crippen LogP contribution in [0.1, 0.15) is 0 Å². The number of nitrogens with zero attached hydrogens (tertiary/aromatic N) is 1. The molecule has 0 atom stereocenters. The summed E-state index contributed by atoms with van der Waals surface area (Å²) >= 11 is 0. The van der Waals surface area contributed by atoms with Crippen LogP contribution in [0.4, 0.5) is 4.79 Å². The molecule has 12 heteroatoms. The molecule has 0 fully saturated rings. The Labute approximate surface area is 93.6 Å². The molecule has 0 radical (unpaired) electrons. The van der Waals surface area contributed by atoms with Gasteiger partial charge in [0, 0.05) is 0 Å². The largest absolute Gasteiger partial charge is 0.358 e. The average Bonchev–Trinajstić information content (AvgIpc) is 1.70. The van der Waals surface area contributed by atoms with E-state index in [1.54, 1.807) is 0 Å². The van der Waals surface area contributed by atoms with Gasteiger partial charge in [-0.05, 0) is 0 Å². The summed E-state index contributed by atoms with van der Waals surface area (Å²) in [5.74, 6) is 0. The Morgan fingerprint density at radius 2 is 1.19 bits per heavy atom. The molecular formula is C4H10N2O7S3. The maximum atomic E-state index is 11.1. The van der Waals surface area contributed by atoms with Gasteiger partial charge in [-0.2, -0.15) is 0 Å². The zero-order chi connectivity index (χ0) is 13.4. The fraction of sp³-hybridized carbons (Fsp3) is 0.750. The molecule has 0 aromatic heterocycles. The predicted molar refractivity (Wildman–Crippen MR) is 54.9 cm³/mol. The third-order valence-electron chi connectivity index (χ3n) is 1.04. The third-order valence-corrected chi connectivity index (χ3v) is 4.75. The molecule has 16 heavy (non-hydrogen) atoms. The van der Waals surface area contributed by atoms with E-state index in [9.17, 15) is 30.0 Å². The van der Waals surface area contributed by atoms with Crippen LogP contribution in [0.25, 0.3) is 0 Å². The molecular weight excluding hydrogens is 284 g/mol. The Balaban J connectivity index is 5.53. The standard InChI is InChI=1S/C4H10N2O7S3/c1-14(8,9)5-4(7)6(15(2,10)11)16(3,12)13/h1-3H3,(H,5,7). The van der Waals surface area contributed by atoms with Crippen molar-refractivity contribution >= 4 is 36.1 Å². The number of carbonyl (C=O) groups excluding carboxylic acids is 1. The van der Waals surface area contributed by atoms with Gasteiger partial charge in [0.1, 0.15) is 0 Å². The highest BCUT2D eigenvalue weighted by Gasteiger charge is 2.33. The second-order valence-electron chi connectivity index (χ2n) is 2.90. The third kappa shape index (κ3) is 4.76. The molecule has 0 unspecified atom stereocenters. The molecule has 0 aromatic carbocycles. The molecule has 0 saturated heterocycles. The summed E-state index contributed by atoms with van der Waals surface area (Å²) in [6, 6.07) is -1.77. The second kappa shape index (κ2) is 4.18. The minimum Gasteiger partial charge on any atom is -0.245 e. The summed E-state index contributed by atoms with van der Waals surface area (Å²) in [6.45, 7) is 0. The van der Waals surface area contributed by atoms with Crippen molar-refractivity contribution in [2.75, 3.05) is 18.8 Å². The van der Waals surface area contributed by atoms with Crippen LogP contribution in [0.2, 0.25) is 0 Å². The first-order valence-electron chi connectivity index (χ1n) is 3.47. The van der Waals surface area contributed by atoms with Gasteiger partial charge in [-0.25, -0.2) is 34.8 Å². The van der Waals surface area contributed by atoms with Gasteiger partial charge >= 0.3 is 6.03 Å². The normalized spacial score (nSPS) is 13.2. The summed E-state index contributed by atoms with van der Waals surface area (Å²) in [6.07, 6.45) is 1.49. The number of hydrogen-bond acceptors (Lipinski definition) is 7. The number of amides is 2. The lowest BCUT2D eigenvalue weighted by Gasteiger charge is -2.17. The van der Waals surface area contributed by atoms with Crippen LogP contribution in [0.3, 0.4) is 0 Å². The highest BCUT2D eigenvalue weighted by Crippen LogP contribution is 2.05. The van der Waals surface area contributed by atoms with Crippen LogP contribution in [0, 0.1) is 0 Å². The number of urea groups is 1. The average molecular weight is 294 g/mol. The van der Waals surface area contributed by atoms with Gasteiger partial charge in [-0.15, -0.1) is 3.71 Å². The van der Waals surface area contributed by atoms with E-state index in [1.807, 2.05) is 0 Å². The van der Waals surface area contributed by atoms with Crippen molar-refractivity contribution in [3.63, 3.8) is 0 Å². The van der Waals surface area contributed by atoms with Gasteiger partial charge in [0.15, 0.2) is 0 Å². The first-order chi connectivity index (χ1) is 6.75. The Morgan fingerprint density at radius 1 is 0.875 bits per heavy atom. The zero-order valence-electron chi connectivity index (χ0n) is 8.53. The molecule has 0 bridgehead atoms. The van der Waals surface area contributed by atoms with E-state index in [1.165, 1.54) is 4.72 Å². The highest BCUT2D eigenvalue weighted by atomic mass is 32.3. The first-order valence-corrected chi connectivity index (χ1v) is 9.06. The van der Waals surface area contributed by atoms with Crippen molar-refractivity contribution in [1.82, 2.24) is 8.43 Å². The minimum absolute atomic E-state index is 0.454. The molecule has 0 aromatic rings. The quantitative estimate of drug-likeness (QED) is 0.628. The topological polar surface area (TPSA) is 135 Å². The maximum absolute atomic E-state index is 11.1. The second-order valence-corrected chi connectivity index (χ2v) is 8.54. The van der Waals surface area contributed by atoms with Crippen molar-refractivity contribution < 1.29 is 30.0 Å². The fourth-order valence-electron chi connectivity index (χ4n) is 0.743. The number of hydrogen-bond donors (Lipinski definition) is 1. The van der Waals surface area contributed by atoms with E-state index in [4.69, 9.17) is 0 Å². The van der Waals surface area contributed by atoms with Crippen LogP contribution in [0.15, 0.2) is 0 Å². The van der Waals surface area contributed by atoms with E-state index in [-0.39, 0.29) is 0 Å². The van der Waals surface area contributed by atoms with Crippen molar-refractivity contribution in [2.45, 2.75) is 0 Å². The van der Waals surface area contributed by atoms with E-state index in [2.05, 4.69) is 0 Å². The number of carbonyl (C=O) groups is 1. The smallest absolute Gasteiger partial charge is 0.245 e. The van der Waals surface area contributed by atoms with Gasteiger partial charge in [-0.3, -0.25) is 0 Å². The molecule has 0 heterocycles. The molecule has 0 aliphatic heterocycles. The van der Waals surface area contributed by atoms with Gasteiger partial charge in [0.05, 0.1) is 18.8 Å². The first kappa shape index (κ1) is 15.1. The molecule has 0 spiro atoms. The molecule has 9 nitrogen and oxygen atoms in total. The number of rotatable bonds is 3. The van der Waals surface area contributed by atoms with E-state index < -0.39 is 39.8 Å². The summed E-state index contributed by atoms with van der Waals surface area (Å²) in [5, 5.41) is 0. The van der Waals surface area contributed by atoms with E-state index in [0.717, 1.165) is 0 Å². The monoisotopic (exact) mass is 294 g/mol. The van der Waals surface area contributed by atoms with Gasteiger partial charge in [0.2, 0.25) is 30.1 Å². The molecule has 0 aliphatic carbocycles. The fourth-order valence-corrected chi connectivity index (χ4v) is 3.93. The Hall–Kier alpha value is -0.880. The molecule has 2 amide bonds. The molecule has 0 rings (SSSR count). The summed E-state index contributed by atoms with van der Waals surface area (Å²) < 4.78 is 66.0. The van der Waals surface area contributed by atoms with Gasteiger partial charge < -0.3 is 0 Å². The molecule has 0 saturated carbocycles. The van der Waals surface area contributed by atoms with Crippen LogP contribution in [-0.2, 0) is 30.1 Å². The Kier molecular flexibility index (Phi) is 3.95. The van der Waals surface area contributed by atoms with E-state index in [0.29, 0.717) is 18.8 Å². The summed E-state index contributed by atoms with van der Waals surface area (Å²) in [5.41, 5.74) is 0. The van der Waals surface area contributed by atoms with Gasteiger partial charge in [-0.1, -0.05) is 0 Å². The van der Waals surface area contributed by atoms with Crippen molar-refractivity contribution in [2.24, 2.45) is 0 Å². The summed E-state index contributed by atoms with van der Waals surface area (Å²) in [7, 11) is -12.9. The zero-order valence-corrected chi connectivity index (χ0v) is 11.0. The number of nitrogens with one attached hydrogen (secondary N) is 1. The summed E-state index contributed by atoms with van der Waals surface area (Å²) in [4.78, 5) is 11.1. The van der Waals surface area contributed by atoms with Crippen LogP contribution < -0.4 is 4.72 Å². The lowest BCUT2D eigenvalue weighted by molar-refractivity contribution is 0.241. The van der Waals surface area contributed by atoms with Crippen molar-refractivity contribution in [3.8, 4) is 0 Å². The highest BCUT2D eigenvalue weighted by molar-refractivity contribution is 8.04. The van der Waals surface area contributed by atoms with Crippen molar-refractivity contribution in [3.05, 3.63) is 0 Å².